The van der Waals surface area contributed by atoms with Crippen LogP contribution in [0.5, 0.6) is 0 Å². The Kier molecular flexibility index (Phi) is 2.99. The van der Waals surface area contributed by atoms with Crippen LogP contribution in [0.3, 0.4) is 0 Å². The summed E-state index contributed by atoms with van der Waals surface area (Å²) in [7, 11) is 0. The maximum Gasteiger partial charge on any atom is 0.0632 e. The van der Waals surface area contributed by atoms with E-state index in [1.807, 2.05) is 0 Å². The zero-order chi connectivity index (χ0) is 10.7. The summed E-state index contributed by atoms with van der Waals surface area (Å²) in [5.74, 6) is 0. The van der Waals surface area contributed by atoms with Crippen molar-refractivity contribution >= 4 is 11.8 Å². The van der Waals surface area contributed by atoms with Crippen LogP contribution in [-0.2, 0) is 10.2 Å². The van der Waals surface area contributed by atoms with Crippen LogP contribution in [0.2, 0.25) is 0 Å². The smallest absolute Gasteiger partial charge is 0.0632 e. The molecule has 0 aliphatic carbocycles. The van der Waals surface area contributed by atoms with Crippen molar-refractivity contribution in [3.8, 4) is 6.07 Å². The molecule has 2 rings (SSSR count). The minimum atomic E-state index is -0.0360. The number of rotatable bonds is 3. The quantitative estimate of drug-likeness (QED) is 0.733. The lowest BCUT2D eigenvalue weighted by Gasteiger charge is -2.40. The first kappa shape index (κ1) is 10.5. The third-order valence-electron chi connectivity index (χ3n) is 2.88. The highest BCUT2D eigenvalue weighted by Gasteiger charge is 2.40. The van der Waals surface area contributed by atoms with E-state index in [0.717, 1.165) is 0 Å². The molecule has 0 unspecified atom stereocenters. The predicted octanol–water partition coefficient (Wildman–Crippen LogP) is 2.59. The van der Waals surface area contributed by atoms with Crippen LogP contribution in [0.25, 0.3) is 0 Å². The van der Waals surface area contributed by atoms with Gasteiger partial charge < -0.3 is 4.74 Å². The Labute approximate surface area is 94.2 Å². The molecule has 0 spiro atoms. The summed E-state index contributed by atoms with van der Waals surface area (Å²) >= 11 is 1.73. The number of nitriles is 1. The van der Waals surface area contributed by atoms with Crippen LogP contribution >= 0.6 is 11.8 Å². The number of nitrogens with zero attached hydrogens (tertiary/aromatic N) is 1. The molecule has 0 atom stereocenters. The van der Waals surface area contributed by atoms with E-state index in [4.69, 9.17) is 10.00 Å². The highest BCUT2D eigenvalue weighted by molar-refractivity contribution is 7.98. The Hall–Kier alpha value is -0.980. The first-order chi connectivity index (χ1) is 7.30. The summed E-state index contributed by atoms with van der Waals surface area (Å²) in [5, 5.41) is 8.82. The molecule has 1 aliphatic heterocycles. The molecule has 3 heteroatoms. The lowest BCUT2D eigenvalue weighted by molar-refractivity contribution is -0.0577. The molecule has 1 fully saturated rings. The average molecular weight is 219 g/mol. The zero-order valence-electron chi connectivity index (χ0n) is 8.69. The fourth-order valence-electron chi connectivity index (χ4n) is 1.82. The molecule has 2 nitrogen and oxygen atoms in total. The molecular formula is C12H13NOS. The van der Waals surface area contributed by atoms with Crippen molar-refractivity contribution in [2.75, 3.05) is 19.5 Å². The monoisotopic (exact) mass is 219 g/mol. The Bertz CT molecular complexity index is 376. The fourth-order valence-corrected chi connectivity index (χ4v) is 2.22. The highest BCUT2D eigenvalue weighted by Crippen LogP contribution is 2.36. The van der Waals surface area contributed by atoms with Crippen LogP contribution in [0.15, 0.2) is 29.2 Å². The first-order valence-corrected chi connectivity index (χ1v) is 6.12. The van der Waals surface area contributed by atoms with Crippen LogP contribution in [0.1, 0.15) is 12.0 Å². The van der Waals surface area contributed by atoms with Gasteiger partial charge in [-0.3, -0.25) is 0 Å². The van der Waals surface area contributed by atoms with E-state index in [2.05, 4.69) is 36.6 Å². The summed E-state index contributed by atoms with van der Waals surface area (Å²) in [5.41, 5.74) is 1.19. The van der Waals surface area contributed by atoms with Crippen molar-refractivity contribution in [2.24, 2.45) is 0 Å². The van der Waals surface area contributed by atoms with E-state index in [-0.39, 0.29) is 5.41 Å². The molecule has 15 heavy (non-hydrogen) atoms. The Morgan fingerprint density at radius 3 is 2.47 bits per heavy atom. The molecule has 1 saturated heterocycles. The lowest BCUT2D eigenvalue weighted by Crippen LogP contribution is -2.46. The zero-order valence-corrected chi connectivity index (χ0v) is 9.51. The number of thioether (sulfide) groups is 1. The molecule has 0 saturated carbocycles. The van der Waals surface area contributed by atoms with Crippen LogP contribution in [-0.4, -0.2) is 19.5 Å². The van der Waals surface area contributed by atoms with Crippen molar-refractivity contribution in [1.82, 2.24) is 0 Å². The van der Waals surface area contributed by atoms with Crippen molar-refractivity contribution in [2.45, 2.75) is 16.7 Å². The van der Waals surface area contributed by atoms with E-state index < -0.39 is 0 Å². The molecule has 1 aliphatic rings. The summed E-state index contributed by atoms with van der Waals surface area (Å²) in [6, 6.07) is 10.7. The van der Waals surface area contributed by atoms with Gasteiger partial charge in [0, 0.05) is 11.3 Å². The predicted molar refractivity (Wildman–Crippen MR) is 61.0 cm³/mol. The van der Waals surface area contributed by atoms with Gasteiger partial charge in [0.1, 0.15) is 0 Å². The van der Waals surface area contributed by atoms with E-state index in [1.54, 1.807) is 11.8 Å². The van der Waals surface area contributed by atoms with Crippen LogP contribution in [0.4, 0.5) is 0 Å². The minimum Gasteiger partial charge on any atom is -0.379 e. The normalized spacial score (nSPS) is 17.9. The molecule has 78 valence electrons. The van der Waals surface area contributed by atoms with Gasteiger partial charge in [0.15, 0.2) is 0 Å². The molecule has 1 aromatic rings. The first-order valence-electron chi connectivity index (χ1n) is 4.90. The number of hydrogen-bond acceptors (Lipinski definition) is 3. The molecule has 1 heterocycles. The van der Waals surface area contributed by atoms with Gasteiger partial charge in [0.05, 0.1) is 24.7 Å². The molecule has 0 bridgehead atoms. The molecule has 0 aromatic heterocycles. The van der Waals surface area contributed by atoms with Crippen LogP contribution < -0.4 is 0 Å². The molecule has 0 radical (unpaired) electrons. The van der Waals surface area contributed by atoms with Gasteiger partial charge in [-0.15, -0.1) is 11.8 Å². The SMILES string of the molecule is CSc1ccc(C2(CC#N)COC2)cc1. The van der Waals surface area contributed by atoms with E-state index in [0.29, 0.717) is 19.6 Å². The van der Waals surface area contributed by atoms with Gasteiger partial charge in [0.2, 0.25) is 0 Å². The Morgan fingerprint density at radius 1 is 1.40 bits per heavy atom. The number of hydrogen-bond donors (Lipinski definition) is 0. The third-order valence-corrected chi connectivity index (χ3v) is 3.62. The summed E-state index contributed by atoms with van der Waals surface area (Å²) in [6.07, 6.45) is 2.61. The lowest BCUT2D eigenvalue weighted by atomic mass is 9.76. The van der Waals surface area contributed by atoms with Crippen LogP contribution in [0, 0.1) is 11.3 Å². The van der Waals surface area contributed by atoms with Crippen molar-refractivity contribution < 1.29 is 4.74 Å². The van der Waals surface area contributed by atoms with E-state index >= 15 is 0 Å². The van der Waals surface area contributed by atoms with Gasteiger partial charge in [-0.1, -0.05) is 12.1 Å². The molecule has 0 amide bonds. The maximum absolute atomic E-state index is 8.82. The molecule has 1 aromatic carbocycles. The second-order valence-electron chi connectivity index (χ2n) is 3.84. The minimum absolute atomic E-state index is 0.0360. The largest absolute Gasteiger partial charge is 0.379 e. The van der Waals surface area contributed by atoms with Crippen molar-refractivity contribution in [1.29, 1.82) is 5.26 Å². The Balaban J connectivity index is 2.24. The van der Waals surface area contributed by atoms with Gasteiger partial charge >= 0.3 is 0 Å². The summed E-state index contributed by atoms with van der Waals surface area (Å²) < 4.78 is 5.25. The van der Waals surface area contributed by atoms with Gasteiger partial charge in [0.25, 0.3) is 0 Å². The molecular weight excluding hydrogens is 206 g/mol. The van der Waals surface area contributed by atoms with Gasteiger partial charge in [-0.25, -0.2) is 0 Å². The van der Waals surface area contributed by atoms with E-state index in [1.165, 1.54) is 10.5 Å². The molecule has 0 N–H and O–H groups in total. The third kappa shape index (κ3) is 1.88. The standard InChI is InChI=1S/C12H13NOS/c1-15-11-4-2-10(3-5-11)12(6-7-13)8-14-9-12/h2-5H,6,8-9H2,1H3. The number of benzene rings is 1. The van der Waals surface area contributed by atoms with Gasteiger partial charge in [-0.05, 0) is 24.0 Å². The maximum atomic E-state index is 8.82. The fraction of sp³-hybridized carbons (Fsp3) is 0.417. The highest BCUT2D eigenvalue weighted by atomic mass is 32.2. The second kappa shape index (κ2) is 4.26. The van der Waals surface area contributed by atoms with Crippen molar-refractivity contribution in [3.05, 3.63) is 29.8 Å². The van der Waals surface area contributed by atoms with Crippen molar-refractivity contribution in [3.63, 3.8) is 0 Å². The summed E-state index contributed by atoms with van der Waals surface area (Å²) in [6.45, 7) is 1.36. The van der Waals surface area contributed by atoms with Gasteiger partial charge in [-0.2, -0.15) is 5.26 Å². The topological polar surface area (TPSA) is 33.0 Å². The van der Waals surface area contributed by atoms with E-state index in [9.17, 15) is 0 Å². The number of ether oxygens (including phenoxy) is 1. The second-order valence-corrected chi connectivity index (χ2v) is 4.72. The average Bonchev–Trinajstić information content (AvgIpc) is 2.24. The Morgan fingerprint density at radius 2 is 2.07 bits per heavy atom. The summed E-state index contributed by atoms with van der Waals surface area (Å²) in [4.78, 5) is 1.26.